The molecule has 0 unspecified atom stereocenters. The molecule has 2 rings (SSSR count). The van der Waals surface area contributed by atoms with Crippen molar-refractivity contribution >= 4 is 5.97 Å². The average Bonchev–Trinajstić information content (AvgIpc) is 2.85. The molecule has 0 aromatic carbocycles. The Bertz CT molecular complexity index is 501. The lowest BCUT2D eigenvalue weighted by Gasteiger charge is -1.94. The fourth-order valence-corrected chi connectivity index (χ4v) is 1.20. The number of aromatic amines is 1. The van der Waals surface area contributed by atoms with Crippen LogP contribution in [0.2, 0.25) is 0 Å². The number of hydrogen-bond acceptors (Lipinski definition) is 5. The molecule has 0 bridgehead atoms. The number of H-pyrrole nitrogens is 1. The molecule has 0 aliphatic rings. The molecule has 0 fully saturated rings. The van der Waals surface area contributed by atoms with Crippen LogP contribution in [-0.4, -0.2) is 37.5 Å². The highest BCUT2D eigenvalue weighted by Crippen LogP contribution is 2.10. The molecular formula is C9H11N5O2. The summed E-state index contributed by atoms with van der Waals surface area (Å²) in [6.07, 6.45) is 1.77. The first-order chi connectivity index (χ1) is 7.70. The maximum atomic E-state index is 11.3. The summed E-state index contributed by atoms with van der Waals surface area (Å²) < 4.78 is 6.42. The minimum atomic E-state index is -0.516. The predicted octanol–water partition coefficient (Wildman–Crippen LogP) is 0.382. The summed E-state index contributed by atoms with van der Waals surface area (Å²) in [5.74, 6) is -0.0525. The van der Waals surface area contributed by atoms with Gasteiger partial charge in [-0.3, -0.25) is 9.78 Å². The van der Waals surface area contributed by atoms with Crippen molar-refractivity contribution in [1.82, 2.24) is 25.0 Å². The van der Waals surface area contributed by atoms with Gasteiger partial charge in [-0.2, -0.15) is 15.2 Å². The Morgan fingerprint density at radius 2 is 2.44 bits per heavy atom. The Hall–Kier alpha value is -2.18. The number of hydrogen-bond donors (Lipinski definition) is 1. The van der Waals surface area contributed by atoms with Gasteiger partial charge in [0.2, 0.25) is 11.6 Å². The fourth-order valence-electron chi connectivity index (χ4n) is 1.20. The van der Waals surface area contributed by atoms with Crippen LogP contribution in [0.15, 0.2) is 12.3 Å². The van der Waals surface area contributed by atoms with Crippen LogP contribution in [0.4, 0.5) is 0 Å². The van der Waals surface area contributed by atoms with Crippen molar-refractivity contribution in [1.29, 1.82) is 0 Å². The highest BCUT2D eigenvalue weighted by Gasteiger charge is 2.14. The van der Waals surface area contributed by atoms with Crippen molar-refractivity contribution in [3.8, 4) is 11.5 Å². The van der Waals surface area contributed by atoms with Gasteiger partial charge in [0.15, 0.2) is 0 Å². The smallest absolute Gasteiger partial charge is 0.375 e. The maximum absolute atomic E-state index is 11.3. The van der Waals surface area contributed by atoms with E-state index in [1.165, 1.54) is 0 Å². The van der Waals surface area contributed by atoms with Crippen LogP contribution >= 0.6 is 0 Å². The first-order valence-electron chi connectivity index (χ1n) is 4.80. The van der Waals surface area contributed by atoms with E-state index in [0.717, 1.165) is 0 Å². The molecule has 0 aliphatic carbocycles. The van der Waals surface area contributed by atoms with Gasteiger partial charge in [-0.25, -0.2) is 4.79 Å². The van der Waals surface area contributed by atoms with Crippen LogP contribution in [-0.2, 0) is 11.8 Å². The topological polar surface area (TPSA) is 85.7 Å². The summed E-state index contributed by atoms with van der Waals surface area (Å²) in [7, 11) is 1.79. The van der Waals surface area contributed by atoms with Gasteiger partial charge in [0.1, 0.15) is 5.69 Å². The Morgan fingerprint density at radius 1 is 1.62 bits per heavy atom. The van der Waals surface area contributed by atoms with E-state index in [0.29, 0.717) is 18.1 Å². The summed E-state index contributed by atoms with van der Waals surface area (Å²) in [6.45, 7) is 2.03. The largest absolute Gasteiger partial charge is 0.460 e. The lowest BCUT2D eigenvalue weighted by atomic mass is 10.4. The SMILES string of the molecule is CCOC(=O)c1nc(-c2ccn(C)n2)n[nH]1. The van der Waals surface area contributed by atoms with Crippen molar-refractivity contribution < 1.29 is 9.53 Å². The normalized spacial score (nSPS) is 10.4. The Labute approximate surface area is 91.4 Å². The molecule has 0 amide bonds. The third kappa shape index (κ3) is 1.92. The van der Waals surface area contributed by atoms with Gasteiger partial charge < -0.3 is 4.74 Å². The first kappa shape index (κ1) is 10.3. The zero-order chi connectivity index (χ0) is 11.5. The average molecular weight is 221 g/mol. The van der Waals surface area contributed by atoms with E-state index in [1.54, 1.807) is 30.9 Å². The van der Waals surface area contributed by atoms with E-state index in [4.69, 9.17) is 4.74 Å². The lowest BCUT2D eigenvalue weighted by molar-refractivity contribution is 0.0512. The minimum absolute atomic E-state index is 0.0857. The van der Waals surface area contributed by atoms with Gasteiger partial charge in [0, 0.05) is 13.2 Å². The molecule has 0 atom stereocenters. The van der Waals surface area contributed by atoms with Crippen LogP contribution in [0.25, 0.3) is 11.5 Å². The molecule has 0 radical (unpaired) electrons. The quantitative estimate of drug-likeness (QED) is 0.757. The predicted molar refractivity (Wildman–Crippen MR) is 54.5 cm³/mol. The molecule has 2 aromatic heterocycles. The van der Waals surface area contributed by atoms with Gasteiger partial charge in [-0.15, -0.1) is 0 Å². The molecule has 0 saturated heterocycles. The second-order valence-corrected chi connectivity index (χ2v) is 3.10. The second-order valence-electron chi connectivity index (χ2n) is 3.10. The number of aromatic nitrogens is 5. The Balaban J connectivity index is 2.22. The van der Waals surface area contributed by atoms with Crippen LogP contribution in [0.1, 0.15) is 17.5 Å². The molecule has 2 aromatic rings. The molecular weight excluding hydrogens is 210 g/mol. The molecule has 1 N–H and O–H groups in total. The highest BCUT2D eigenvalue weighted by atomic mass is 16.5. The fraction of sp³-hybridized carbons (Fsp3) is 0.333. The molecule has 0 aliphatic heterocycles. The third-order valence-electron chi connectivity index (χ3n) is 1.90. The van der Waals surface area contributed by atoms with Crippen LogP contribution in [0.5, 0.6) is 0 Å². The molecule has 16 heavy (non-hydrogen) atoms. The van der Waals surface area contributed by atoms with Crippen molar-refractivity contribution in [2.75, 3.05) is 6.61 Å². The summed E-state index contributed by atoms with van der Waals surface area (Å²) in [4.78, 5) is 15.3. The van der Waals surface area contributed by atoms with E-state index in [2.05, 4.69) is 20.3 Å². The van der Waals surface area contributed by atoms with Gasteiger partial charge in [-0.1, -0.05) is 0 Å². The first-order valence-corrected chi connectivity index (χ1v) is 4.80. The molecule has 0 spiro atoms. The van der Waals surface area contributed by atoms with Crippen molar-refractivity contribution in [2.24, 2.45) is 7.05 Å². The van der Waals surface area contributed by atoms with Crippen LogP contribution in [0, 0.1) is 0 Å². The van der Waals surface area contributed by atoms with Gasteiger partial charge in [0.25, 0.3) is 0 Å². The number of rotatable bonds is 3. The third-order valence-corrected chi connectivity index (χ3v) is 1.90. The van der Waals surface area contributed by atoms with Crippen LogP contribution in [0.3, 0.4) is 0 Å². The van der Waals surface area contributed by atoms with Crippen LogP contribution < -0.4 is 0 Å². The van der Waals surface area contributed by atoms with Crippen molar-refractivity contribution in [3.63, 3.8) is 0 Å². The van der Waals surface area contributed by atoms with E-state index in [9.17, 15) is 4.79 Å². The van der Waals surface area contributed by atoms with Gasteiger partial charge >= 0.3 is 5.97 Å². The van der Waals surface area contributed by atoms with Crippen molar-refractivity contribution in [2.45, 2.75) is 6.92 Å². The zero-order valence-corrected chi connectivity index (χ0v) is 8.97. The number of carbonyl (C=O) groups is 1. The number of esters is 1. The number of nitrogens with one attached hydrogen (secondary N) is 1. The molecule has 2 heterocycles. The zero-order valence-electron chi connectivity index (χ0n) is 8.97. The Morgan fingerprint density at radius 3 is 3.06 bits per heavy atom. The summed E-state index contributed by atoms with van der Waals surface area (Å²) in [5.41, 5.74) is 0.606. The van der Waals surface area contributed by atoms with Crippen molar-refractivity contribution in [3.05, 3.63) is 18.1 Å². The summed E-state index contributed by atoms with van der Waals surface area (Å²) in [5, 5.41) is 10.5. The van der Waals surface area contributed by atoms with Gasteiger partial charge in [0.05, 0.1) is 6.61 Å². The standard InChI is InChI=1S/C9H11N5O2/c1-3-16-9(15)8-10-7(11-12-8)6-4-5-14(2)13-6/h4-5H,3H2,1-2H3,(H,10,11,12). The monoisotopic (exact) mass is 221 g/mol. The second kappa shape index (κ2) is 4.13. The Kier molecular flexibility index (Phi) is 2.67. The number of nitrogens with zero attached hydrogens (tertiary/aromatic N) is 4. The lowest BCUT2D eigenvalue weighted by Crippen LogP contribution is -2.06. The highest BCUT2D eigenvalue weighted by molar-refractivity contribution is 5.85. The maximum Gasteiger partial charge on any atom is 0.375 e. The summed E-state index contributed by atoms with van der Waals surface area (Å²) >= 11 is 0. The number of ether oxygens (including phenoxy) is 1. The van der Waals surface area contributed by atoms with E-state index in [-0.39, 0.29) is 5.82 Å². The number of carbonyl (C=O) groups excluding carboxylic acids is 1. The van der Waals surface area contributed by atoms with E-state index >= 15 is 0 Å². The van der Waals surface area contributed by atoms with E-state index in [1.807, 2.05) is 0 Å². The molecule has 84 valence electrons. The van der Waals surface area contributed by atoms with Gasteiger partial charge in [-0.05, 0) is 13.0 Å². The minimum Gasteiger partial charge on any atom is -0.460 e. The van der Waals surface area contributed by atoms with E-state index < -0.39 is 5.97 Å². The molecule has 7 heteroatoms. The molecule has 7 nitrogen and oxygen atoms in total. The summed E-state index contributed by atoms with van der Waals surface area (Å²) in [6, 6.07) is 1.76. The number of aryl methyl sites for hydroxylation is 1. The molecule has 0 saturated carbocycles.